The molecule has 1 amide bonds. The van der Waals surface area contributed by atoms with E-state index in [9.17, 15) is 4.79 Å². The van der Waals surface area contributed by atoms with Gasteiger partial charge in [0.05, 0.1) is 19.8 Å². The highest BCUT2D eigenvalue weighted by molar-refractivity contribution is 6.28. The Labute approximate surface area is 203 Å². The molecule has 0 saturated carbocycles. The minimum atomic E-state index is -1.02. The summed E-state index contributed by atoms with van der Waals surface area (Å²) >= 11 is 7.43. The third-order valence-corrected chi connectivity index (χ3v) is 6.36. The summed E-state index contributed by atoms with van der Waals surface area (Å²) in [5.74, 6) is 1.78. The first-order chi connectivity index (χ1) is 16.6. The molecule has 6 nitrogen and oxygen atoms in total. The number of nitrogens with one attached hydrogen (secondary N) is 2. The van der Waals surface area contributed by atoms with Gasteiger partial charge in [-0.2, -0.15) is 0 Å². The predicted molar refractivity (Wildman–Crippen MR) is 133 cm³/mol. The van der Waals surface area contributed by atoms with Crippen molar-refractivity contribution >= 4 is 17.5 Å². The quantitative estimate of drug-likeness (QED) is 0.266. The first kappa shape index (κ1) is 23.4. The normalized spacial score (nSPS) is 12.6. The SMILES string of the molecule is COc1ccc(C(Cl)(c2ccccc2)c2ccc(OC)c(C(=O)NCCc3ncc[nH]3)c2)cc1. The van der Waals surface area contributed by atoms with E-state index in [-0.39, 0.29) is 5.91 Å². The molecule has 34 heavy (non-hydrogen) atoms. The van der Waals surface area contributed by atoms with Crippen LogP contribution >= 0.6 is 11.6 Å². The summed E-state index contributed by atoms with van der Waals surface area (Å²) in [7, 11) is 3.17. The van der Waals surface area contributed by atoms with E-state index in [1.54, 1.807) is 38.7 Å². The van der Waals surface area contributed by atoms with E-state index in [1.165, 1.54) is 0 Å². The number of nitrogens with zero attached hydrogens (tertiary/aromatic N) is 1. The number of hydrogen-bond donors (Lipinski definition) is 2. The summed E-state index contributed by atoms with van der Waals surface area (Å²) in [6.45, 7) is 0.433. The molecule has 0 aliphatic heterocycles. The molecular formula is C27H26ClN3O3. The number of carbonyl (C=O) groups is 1. The molecule has 0 radical (unpaired) electrons. The lowest BCUT2D eigenvalue weighted by Crippen LogP contribution is -2.28. The van der Waals surface area contributed by atoms with Crippen molar-refractivity contribution in [3.05, 3.63) is 113 Å². The molecule has 0 aliphatic rings. The number of benzene rings is 3. The zero-order valence-electron chi connectivity index (χ0n) is 19.0. The molecule has 4 aromatic rings. The molecule has 1 aromatic heterocycles. The molecule has 0 bridgehead atoms. The molecule has 7 heteroatoms. The van der Waals surface area contributed by atoms with Gasteiger partial charge in [0.25, 0.3) is 5.91 Å². The molecule has 0 fully saturated rings. The fourth-order valence-electron chi connectivity index (χ4n) is 3.91. The van der Waals surface area contributed by atoms with Gasteiger partial charge in [-0.15, -0.1) is 11.6 Å². The van der Waals surface area contributed by atoms with Crippen molar-refractivity contribution in [1.82, 2.24) is 15.3 Å². The number of hydrogen-bond acceptors (Lipinski definition) is 4. The Morgan fingerprint density at radius 1 is 0.971 bits per heavy atom. The number of aromatic nitrogens is 2. The molecule has 1 unspecified atom stereocenters. The number of carbonyl (C=O) groups excluding carboxylic acids is 1. The monoisotopic (exact) mass is 475 g/mol. The molecule has 3 aromatic carbocycles. The summed E-state index contributed by atoms with van der Waals surface area (Å²) in [5, 5.41) is 2.95. The van der Waals surface area contributed by atoms with E-state index in [0.717, 1.165) is 28.3 Å². The predicted octanol–water partition coefficient (Wildman–Crippen LogP) is 4.93. The minimum absolute atomic E-state index is 0.243. The second kappa shape index (κ2) is 10.4. The van der Waals surface area contributed by atoms with Crippen LogP contribution in [0.1, 0.15) is 32.9 Å². The van der Waals surface area contributed by atoms with Crippen LogP contribution in [0.15, 0.2) is 85.2 Å². The zero-order chi connectivity index (χ0) is 24.0. The van der Waals surface area contributed by atoms with Crippen LogP contribution in [0.3, 0.4) is 0 Å². The summed E-state index contributed by atoms with van der Waals surface area (Å²) < 4.78 is 10.8. The highest BCUT2D eigenvalue weighted by Crippen LogP contribution is 2.44. The van der Waals surface area contributed by atoms with Crippen molar-refractivity contribution in [3.63, 3.8) is 0 Å². The second-order valence-corrected chi connectivity index (χ2v) is 8.28. The average molecular weight is 476 g/mol. The fraction of sp³-hybridized carbons (Fsp3) is 0.185. The zero-order valence-corrected chi connectivity index (χ0v) is 19.8. The van der Waals surface area contributed by atoms with E-state index in [4.69, 9.17) is 21.1 Å². The average Bonchev–Trinajstić information content (AvgIpc) is 3.42. The number of methoxy groups -OCH3 is 2. The molecular weight excluding hydrogens is 450 g/mol. The third-order valence-electron chi connectivity index (χ3n) is 5.70. The molecule has 1 heterocycles. The fourth-order valence-corrected chi connectivity index (χ4v) is 4.28. The molecule has 4 rings (SSSR count). The Kier molecular flexibility index (Phi) is 7.18. The lowest BCUT2D eigenvalue weighted by Gasteiger charge is -2.30. The number of imidazole rings is 1. The summed E-state index contributed by atoms with van der Waals surface area (Å²) in [6, 6.07) is 22.9. The van der Waals surface area contributed by atoms with Crippen molar-refractivity contribution in [2.75, 3.05) is 20.8 Å². The molecule has 2 N–H and O–H groups in total. The maximum Gasteiger partial charge on any atom is 0.255 e. The van der Waals surface area contributed by atoms with Crippen LogP contribution in [0.5, 0.6) is 11.5 Å². The van der Waals surface area contributed by atoms with Gasteiger partial charge in [-0.25, -0.2) is 4.98 Å². The standard InChI is InChI=1S/C27H26ClN3O3/c1-33-22-11-8-20(9-12-22)27(28,19-6-4-3-5-7-19)21-10-13-24(34-2)23(18-21)26(32)31-15-14-25-29-16-17-30-25/h3-13,16-18H,14-15H2,1-2H3,(H,29,30)(H,31,32). The van der Waals surface area contributed by atoms with Gasteiger partial charge >= 0.3 is 0 Å². The van der Waals surface area contributed by atoms with Crippen molar-refractivity contribution in [3.8, 4) is 11.5 Å². The summed E-state index contributed by atoms with van der Waals surface area (Å²) in [4.78, 5) is 19.3. The number of aromatic amines is 1. The molecule has 174 valence electrons. The molecule has 1 atom stereocenters. The summed E-state index contributed by atoms with van der Waals surface area (Å²) in [6.07, 6.45) is 4.04. The Bertz CT molecular complexity index is 1230. The number of H-pyrrole nitrogens is 1. The third kappa shape index (κ3) is 4.77. The second-order valence-electron chi connectivity index (χ2n) is 7.71. The minimum Gasteiger partial charge on any atom is -0.497 e. The van der Waals surface area contributed by atoms with Crippen LogP contribution in [-0.2, 0) is 11.3 Å². The van der Waals surface area contributed by atoms with Gasteiger partial charge in [-0.1, -0.05) is 48.5 Å². The molecule has 0 spiro atoms. The van der Waals surface area contributed by atoms with Gasteiger partial charge in [0.1, 0.15) is 22.2 Å². The Morgan fingerprint density at radius 3 is 2.32 bits per heavy atom. The van der Waals surface area contributed by atoms with Crippen LogP contribution < -0.4 is 14.8 Å². The van der Waals surface area contributed by atoms with Gasteiger partial charge in [0.2, 0.25) is 0 Å². The van der Waals surface area contributed by atoms with Gasteiger partial charge in [0.15, 0.2) is 0 Å². The van der Waals surface area contributed by atoms with Crippen LogP contribution in [-0.4, -0.2) is 36.6 Å². The van der Waals surface area contributed by atoms with Crippen molar-refractivity contribution in [2.45, 2.75) is 11.3 Å². The van der Waals surface area contributed by atoms with E-state index in [0.29, 0.717) is 24.3 Å². The van der Waals surface area contributed by atoms with E-state index < -0.39 is 4.87 Å². The van der Waals surface area contributed by atoms with E-state index >= 15 is 0 Å². The number of halogens is 1. The molecule has 0 aliphatic carbocycles. The van der Waals surface area contributed by atoms with Crippen LogP contribution in [0, 0.1) is 0 Å². The lowest BCUT2D eigenvalue weighted by molar-refractivity contribution is 0.0951. The van der Waals surface area contributed by atoms with Crippen LogP contribution in [0.4, 0.5) is 0 Å². The summed E-state index contributed by atoms with van der Waals surface area (Å²) in [5.41, 5.74) is 2.91. The van der Waals surface area contributed by atoms with Crippen molar-refractivity contribution in [2.24, 2.45) is 0 Å². The van der Waals surface area contributed by atoms with Gasteiger partial charge in [-0.05, 0) is 41.0 Å². The maximum absolute atomic E-state index is 13.1. The Balaban J connectivity index is 1.72. The Morgan fingerprint density at radius 2 is 1.68 bits per heavy atom. The number of rotatable bonds is 9. The van der Waals surface area contributed by atoms with E-state index in [1.807, 2.05) is 60.7 Å². The maximum atomic E-state index is 13.1. The van der Waals surface area contributed by atoms with Gasteiger partial charge in [-0.3, -0.25) is 4.79 Å². The van der Waals surface area contributed by atoms with Crippen molar-refractivity contribution < 1.29 is 14.3 Å². The van der Waals surface area contributed by atoms with Crippen LogP contribution in [0.2, 0.25) is 0 Å². The highest BCUT2D eigenvalue weighted by atomic mass is 35.5. The first-order valence-electron chi connectivity index (χ1n) is 10.9. The lowest BCUT2D eigenvalue weighted by atomic mass is 9.83. The topological polar surface area (TPSA) is 76.2 Å². The van der Waals surface area contributed by atoms with Gasteiger partial charge < -0.3 is 19.8 Å². The van der Waals surface area contributed by atoms with Crippen molar-refractivity contribution in [1.29, 1.82) is 0 Å². The largest absolute Gasteiger partial charge is 0.497 e. The highest BCUT2D eigenvalue weighted by Gasteiger charge is 2.35. The van der Waals surface area contributed by atoms with Gasteiger partial charge in [0, 0.05) is 25.4 Å². The van der Waals surface area contributed by atoms with Crippen LogP contribution in [0.25, 0.3) is 0 Å². The van der Waals surface area contributed by atoms with E-state index in [2.05, 4.69) is 15.3 Å². The first-order valence-corrected chi connectivity index (χ1v) is 11.3. The number of amides is 1. The molecule has 0 saturated heterocycles. The Hall–Kier alpha value is -3.77. The number of ether oxygens (including phenoxy) is 2. The number of alkyl halides is 1. The smallest absolute Gasteiger partial charge is 0.255 e.